The quantitative estimate of drug-likeness (QED) is 0.811. The number of rotatable bonds is 7. The SMILES string of the molecule is CCNC(Cc1ccccc1C)CC1(OC)CCC1. The van der Waals surface area contributed by atoms with Gasteiger partial charge in [-0.2, -0.15) is 0 Å². The minimum atomic E-state index is 0.148. The van der Waals surface area contributed by atoms with Gasteiger partial charge in [0.05, 0.1) is 5.60 Å². The Morgan fingerprint density at radius 2 is 2.05 bits per heavy atom. The summed E-state index contributed by atoms with van der Waals surface area (Å²) in [5, 5.41) is 3.64. The predicted octanol–water partition coefficient (Wildman–Crippen LogP) is 3.47. The second kappa shape index (κ2) is 6.53. The molecule has 2 nitrogen and oxygen atoms in total. The highest BCUT2D eigenvalue weighted by molar-refractivity contribution is 5.26. The van der Waals surface area contributed by atoms with Crippen molar-refractivity contribution in [2.75, 3.05) is 13.7 Å². The largest absolute Gasteiger partial charge is 0.378 e. The van der Waals surface area contributed by atoms with Crippen LogP contribution in [0.5, 0.6) is 0 Å². The molecular formula is C17H27NO. The predicted molar refractivity (Wildman–Crippen MR) is 80.6 cm³/mol. The van der Waals surface area contributed by atoms with Crippen molar-refractivity contribution in [1.29, 1.82) is 0 Å². The van der Waals surface area contributed by atoms with Gasteiger partial charge in [-0.3, -0.25) is 0 Å². The first-order valence-electron chi connectivity index (χ1n) is 7.52. The smallest absolute Gasteiger partial charge is 0.0693 e. The van der Waals surface area contributed by atoms with E-state index in [4.69, 9.17) is 4.74 Å². The molecule has 0 bridgehead atoms. The van der Waals surface area contributed by atoms with Crippen LogP contribution in [0, 0.1) is 6.92 Å². The summed E-state index contributed by atoms with van der Waals surface area (Å²) >= 11 is 0. The molecule has 1 aliphatic rings. The molecular weight excluding hydrogens is 234 g/mol. The summed E-state index contributed by atoms with van der Waals surface area (Å²) in [7, 11) is 1.87. The summed E-state index contributed by atoms with van der Waals surface area (Å²) in [4.78, 5) is 0. The van der Waals surface area contributed by atoms with Crippen molar-refractivity contribution in [3.8, 4) is 0 Å². The van der Waals surface area contributed by atoms with Crippen LogP contribution in [0.4, 0.5) is 0 Å². The molecule has 1 aromatic rings. The Balaban J connectivity index is 2.02. The number of nitrogens with one attached hydrogen (secondary N) is 1. The van der Waals surface area contributed by atoms with Crippen molar-refractivity contribution in [2.24, 2.45) is 0 Å². The van der Waals surface area contributed by atoms with Crippen LogP contribution in [0.1, 0.15) is 43.7 Å². The van der Waals surface area contributed by atoms with E-state index in [0.29, 0.717) is 6.04 Å². The highest BCUT2D eigenvalue weighted by Gasteiger charge is 2.38. The average Bonchev–Trinajstić information content (AvgIpc) is 2.36. The van der Waals surface area contributed by atoms with Crippen LogP contribution in [0.25, 0.3) is 0 Å². The molecule has 1 N–H and O–H groups in total. The van der Waals surface area contributed by atoms with Crippen molar-refractivity contribution in [1.82, 2.24) is 5.32 Å². The lowest BCUT2D eigenvalue weighted by molar-refractivity contribution is -0.0833. The standard InChI is InChI=1S/C17H27NO/c1-4-18-16(13-17(19-3)10-7-11-17)12-15-9-6-5-8-14(15)2/h5-6,8-9,16,18H,4,7,10-13H2,1-3H3. The van der Waals surface area contributed by atoms with Crippen molar-refractivity contribution >= 4 is 0 Å². The molecule has 1 saturated carbocycles. The third kappa shape index (κ3) is 3.58. The van der Waals surface area contributed by atoms with Crippen LogP contribution >= 0.6 is 0 Å². The number of hydrogen-bond donors (Lipinski definition) is 1. The van der Waals surface area contributed by atoms with Gasteiger partial charge in [0.1, 0.15) is 0 Å². The molecule has 0 radical (unpaired) electrons. The lowest BCUT2D eigenvalue weighted by Crippen LogP contribution is -2.46. The summed E-state index contributed by atoms with van der Waals surface area (Å²) in [6.45, 7) is 5.41. The van der Waals surface area contributed by atoms with E-state index in [0.717, 1.165) is 19.4 Å². The topological polar surface area (TPSA) is 21.3 Å². The van der Waals surface area contributed by atoms with Gasteiger partial charge in [0.25, 0.3) is 0 Å². The highest BCUT2D eigenvalue weighted by atomic mass is 16.5. The van der Waals surface area contributed by atoms with Gasteiger partial charge in [0.15, 0.2) is 0 Å². The Kier molecular flexibility index (Phi) is 5.00. The van der Waals surface area contributed by atoms with E-state index < -0.39 is 0 Å². The minimum absolute atomic E-state index is 0.148. The van der Waals surface area contributed by atoms with Crippen LogP contribution < -0.4 is 5.32 Å². The number of benzene rings is 1. The molecule has 1 unspecified atom stereocenters. The Morgan fingerprint density at radius 1 is 1.32 bits per heavy atom. The number of ether oxygens (including phenoxy) is 1. The van der Waals surface area contributed by atoms with E-state index in [1.165, 1.54) is 30.4 Å². The fourth-order valence-electron chi connectivity index (χ4n) is 3.12. The molecule has 0 aliphatic heterocycles. The fraction of sp³-hybridized carbons (Fsp3) is 0.647. The molecule has 0 heterocycles. The van der Waals surface area contributed by atoms with E-state index in [-0.39, 0.29) is 5.60 Å². The molecule has 0 saturated heterocycles. The van der Waals surface area contributed by atoms with E-state index >= 15 is 0 Å². The number of aryl methyl sites for hydroxylation is 1. The maximum Gasteiger partial charge on any atom is 0.0693 e. The van der Waals surface area contributed by atoms with Crippen LogP contribution in [-0.4, -0.2) is 25.3 Å². The number of likely N-dealkylation sites (N-methyl/N-ethyl adjacent to an activating group) is 1. The molecule has 2 heteroatoms. The Hall–Kier alpha value is -0.860. The molecule has 1 atom stereocenters. The van der Waals surface area contributed by atoms with Gasteiger partial charge < -0.3 is 10.1 Å². The van der Waals surface area contributed by atoms with Crippen LogP contribution in [0.2, 0.25) is 0 Å². The lowest BCUT2D eigenvalue weighted by Gasteiger charge is -2.43. The summed E-state index contributed by atoms with van der Waals surface area (Å²) in [5.74, 6) is 0. The third-order valence-corrected chi connectivity index (χ3v) is 4.54. The maximum absolute atomic E-state index is 5.78. The summed E-state index contributed by atoms with van der Waals surface area (Å²) < 4.78 is 5.78. The van der Waals surface area contributed by atoms with Gasteiger partial charge in [0, 0.05) is 13.2 Å². The normalized spacial score (nSPS) is 18.9. The van der Waals surface area contributed by atoms with Crippen molar-refractivity contribution < 1.29 is 4.74 Å². The zero-order chi connectivity index (χ0) is 13.7. The number of methoxy groups -OCH3 is 1. The molecule has 0 aromatic heterocycles. The van der Waals surface area contributed by atoms with Crippen LogP contribution in [0.15, 0.2) is 24.3 Å². The summed E-state index contributed by atoms with van der Waals surface area (Å²) in [5.41, 5.74) is 3.00. The zero-order valence-corrected chi connectivity index (χ0v) is 12.5. The lowest BCUT2D eigenvalue weighted by atomic mass is 9.74. The average molecular weight is 261 g/mol. The summed E-state index contributed by atoms with van der Waals surface area (Å²) in [6, 6.07) is 9.23. The van der Waals surface area contributed by atoms with Gasteiger partial charge in [0.2, 0.25) is 0 Å². The Morgan fingerprint density at radius 3 is 2.58 bits per heavy atom. The molecule has 19 heavy (non-hydrogen) atoms. The van der Waals surface area contributed by atoms with E-state index in [9.17, 15) is 0 Å². The first kappa shape index (κ1) is 14.5. The van der Waals surface area contributed by atoms with E-state index in [1.54, 1.807) is 0 Å². The number of hydrogen-bond acceptors (Lipinski definition) is 2. The molecule has 1 aromatic carbocycles. The fourth-order valence-corrected chi connectivity index (χ4v) is 3.12. The van der Waals surface area contributed by atoms with Gasteiger partial charge in [-0.1, -0.05) is 31.2 Å². The molecule has 2 rings (SSSR count). The van der Waals surface area contributed by atoms with Crippen molar-refractivity contribution in [3.63, 3.8) is 0 Å². The monoisotopic (exact) mass is 261 g/mol. The molecule has 1 aliphatic carbocycles. The molecule has 106 valence electrons. The first-order chi connectivity index (χ1) is 9.19. The second-order valence-corrected chi connectivity index (χ2v) is 5.83. The minimum Gasteiger partial charge on any atom is -0.378 e. The molecule has 0 amide bonds. The summed E-state index contributed by atoms with van der Waals surface area (Å²) in [6.07, 6.45) is 5.99. The van der Waals surface area contributed by atoms with E-state index in [1.807, 2.05) is 7.11 Å². The van der Waals surface area contributed by atoms with Gasteiger partial charge in [-0.05, 0) is 56.7 Å². The second-order valence-electron chi connectivity index (χ2n) is 5.83. The van der Waals surface area contributed by atoms with Crippen LogP contribution in [-0.2, 0) is 11.2 Å². The Labute approximate surface area is 117 Å². The zero-order valence-electron chi connectivity index (χ0n) is 12.5. The maximum atomic E-state index is 5.78. The van der Waals surface area contributed by atoms with E-state index in [2.05, 4.69) is 43.4 Å². The van der Waals surface area contributed by atoms with Gasteiger partial charge in [-0.15, -0.1) is 0 Å². The van der Waals surface area contributed by atoms with Gasteiger partial charge >= 0.3 is 0 Å². The Bertz CT molecular complexity index is 392. The molecule has 0 spiro atoms. The van der Waals surface area contributed by atoms with Gasteiger partial charge in [-0.25, -0.2) is 0 Å². The highest BCUT2D eigenvalue weighted by Crippen LogP contribution is 2.39. The molecule has 1 fully saturated rings. The van der Waals surface area contributed by atoms with Crippen LogP contribution in [0.3, 0.4) is 0 Å². The van der Waals surface area contributed by atoms with Crippen molar-refractivity contribution in [2.45, 2.75) is 57.6 Å². The van der Waals surface area contributed by atoms with Crippen molar-refractivity contribution in [3.05, 3.63) is 35.4 Å². The third-order valence-electron chi connectivity index (χ3n) is 4.54. The first-order valence-corrected chi connectivity index (χ1v) is 7.52.